The van der Waals surface area contributed by atoms with Crippen LogP contribution in [0.25, 0.3) is 17.0 Å². The molecule has 0 bridgehead atoms. The fourth-order valence-electron chi connectivity index (χ4n) is 7.68. The van der Waals surface area contributed by atoms with Gasteiger partial charge in [-0.2, -0.15) is 0 Å². The van der Waals surface area contributed by atoms with Crippen LogP contribution in [0.3, 0.4) is 0 Å². The summed E-state index contributed by atoms with van der Waals surface area (Å²) in [4.78, 5) is 39.5. The summed E-state index contributed by atoms with van der Waals surface area (Å²) in [5, 5.41) is 22.0. The molecule has 3 heterocycles. The largest absolute Gasteiger partial charge is 0.368 e. The molecule has 2 aromatic heterocycles. The van der Waals surface area contributed by atoms with Crippen LogP contribution in [0.1, 0.15) is 105 Å². The standard InChI is InChI=1S/C40H52N4O4S/c1-5-25-6-10-27(11-7-25)28-14-16-29(17-15-28)31-21-41-36(42-22-31)30-12-8-26(9-13-30)20-33(38(46)44-23-32(24-44)39(47)48)43-37(45)34-18-19-35(49-34)40(2,3)4/h8-9,12-13,16,18-19,21-22,25,27-28,32-33,39,47-48H,5-7,10-11,14-15,17,20,23-24H2,1-4H3,(H,43,45)/t25?,27?,28?,33-/m0/s1. The number of carbonyl (C=O) groups is 2. The Hall–Kier alpha value is -3.40. The zero-order valence-electron chi connectivity index (χ0n) is 29.4. The fraction of sp³-hybridized carbons (Fsp3) is 0.550. The van der Waals surface area contributed by atoms with Crippen molar-refractivity contribution in [2.75, 3.05) is 13.1 Å². The first-order valence-corrected chi connectivity index (χ1v) is 19.0. The number of hydrogen-bond acceptors (Lipinski definition) is 7. The highest BCUT2D eigenvalue weighted by molar-refractivity contribution is 7.14. The molecule has 9 heteroatoms. The number of aromatic nitrogens is 2. The van der Waals surface area contributed by atoms with Crippen LogP contribution in [0.15, 0.2) is 54.9 Å². The zero-order valence-corrected chi connectivity index (χ0v) is 30.2. The molecule has 1 saturated carbocycles. The molecule has 1 unspecified atom stereocenters. The molecule has 3 aliphatic rings. The van der Waals surface area contributed by atoms with Crippen molar-refractivity contribution in [3.63, 3.8) is 0 Å². The smallest absolute Gasteiger partial charge is 0.262 e. The number of thiophene rings is 1. The number of nitrogens with one attached hydrogen (secondary N) is 1. The minimum absolute atomic E-state index is 0.0777. The predicted molar refractivity (Wildman–Crippen MR) is 195 cm³/mol. The Kier molecular flexibility index (Phi) is 11.0. The molecule has 262 valence electrons. The number of likely N-dealkylation sites (tertiary alicyclic amines) is 1. The van der Waals surface area contributed by atoms with E-state index in [9.17, 15) is 19.8 Å². The van der Waals surface area contributed by atoms with E-state index in [1.54, 1.807) is 4.90 Å². The number of hydrogen-bond donors (Lipinski definition) is 3. The lowest BCUT2D eigenvalue weighted by Crippen LogP contribution is -2.59. The molecular formula is C40H52N4O4S. The summed E-state index contributed by atoms with van der Waals surface area (Å²) in [6.45, 7) is 9.15. The van der Waals surface area contributed by atoms with E-state index in [-0.39, 0.29) is 36.2 Å². The van der Waals surface area contributed by atoms with E-state index in [1.165, 1.54) is 55.4 Å². The molecule has 1 aliphatic heterocycles. The Morgan fingerprint density at radius 3 is 2.20 bits per heavy atom. The summed E-state index contributed by atoms with van der Waals surface area (Å²) in [7, 11) is 0. The van der Waals surface area contributed by atoms with Crippen LogP contribution in [0, 0.1) is 23.7 Å². The lowest BCUT2D eigenvalue weighted by molar-refractivity contribution is -0.157. The normalized spacial score (nSPS) is 22.4. The minimum atomic E-state index is -1.46. The van der Waals surface area contributed by atoms with Gasteiger partial charge in [-0.05, 0) is 78.5 Å². The fourth-order valence-corrected chi connectivity index (χ4v) is 8.64. The van der Waals surface area contributed by atoms with Crippen LogP contribution >= 0.6 is 11.3 Å². The van der Waals surface area contributed by atoms with E-state index in [1.807, 2.05) is 48.8 Å². The van der Waals surface area contributed by atoms with E-state index in [4.69, 9.17) is 9.97 Å². The van der Waals surface area contributed by atoms with Gasteiger partial charge in [0, 0.05) is 53.8 Å². The maximum atomic E-state index is 13.5. The molecule has 0 spiro atoms. The molecular weight excluding hydrogens is 633 g/mol. The maximum Gasteiger partial charge on any atom is 0.262 e. The van der Waals surface area contributed by atoms with Crippen LogP contribution in [-0.4, -0.2) is 62.3 Å². The van der Waals surface area contributed by atoms with Gasteiger partial charge in [0.2, 0.25) is 5.91 Å². The average molecular weight is 685 g/mol. The summed E-state index contributed by atoms with van der Waals surface area (Å²) < 4.78 is 0. The van der Waals surface area contributed by atoms with Crippen molar-refractivity contribution < 1.29 is 19.8 Å². The van der Waals surface area contributed by atoms with Crippen LogP contribution < -0.4 is 5.32 Å². The number of benzene rings is 1. The lowest BCUT2D eigenvalue weighted by atomic mass is 9.71. The molecule has 3 aromatic rings. The molecule has 0 radical (unpaired) electrons. The van der Waals surface area contributed by atoms with Crippen LogP contribution in [0.2, 0.25) is 0 Å². The Bertz CT molecular complexity index is 1610. The topological polar surface area (TPSA) is 116 Å². The first-order chi connectivity index (χ1) is 23.5. The Morgan fingerprint density at radius 2 is 1.63 bits per heavy atom. The minimum Gasteiger partial charge on any atom is -0.368 e. The highest BCUT2D eigenvalue weighted by Gasteiger charge is 2.38. The van der Waals surface area contributed by atoms with Gasteiger partial charge in [0.15, 0.2) is 12.1 Å². The van der Waals surface area contributed by atoms with E-state index < -0.39 is 12.3 Å². The zero-order chi connectivity index (χ0) is 34.7. The molecule has 8 nitrogen and oxygen atoms in total. The van der Waals surface area contributed by atoms with Crippen molar-refractivity contribution in [1.29, 1.82) is 0 Å². The number of aliphatic hydroxyl groups excluding tert-OH is 1. The Balaban J connectivity index is 1.09. The average Bonchev–Trinajstić information content (AvgIpc) is 3.60. The lowest BCUT2D eigenvalue weighted by Gasteiger charge is -2.41. The molecule has 2 amide bonds. The van der Waals surface area contributed by atoms with E-state index in [0.29, 0.717) is 17.1 Å². The van der Waals surface area contributed by atoms with Crippen LogP contribution in [0.5, 0.6) is 0 Å². The summed E-state index contributed by atoms with van der Waals surface area (Å²) >= 11 is 1.44. The van der Waals surface area contributed by atoms with Crippen LogP contribution in [-0.2, 0) is 16.6 Å². The van der Waals surface area contributed by atoms with Crippen molar-refractivity contribution in [3.8, 4) is 11.4 Å². The van der Waals surface area contributed by atoms with Gasteiger partial charge in [-0.25, -0.2) is 9.97 Å². The first-order valence-electron chi connectivity index (χ1n) is 18.1. The number of nitrogens with zero attached hydrogens (tertiary/aromatic N) is 3. The van der Waals surface area contributed by atoms with Gasteiger partial charge in [-0.15, -0.1) is 11.3 Å². The van der Waals surface area contributed by atoms with E-state index >= 15 is 0 Å². The molecule has 1 aromatic carbocycles. The van der Waals surface area contributed by atoms with Crippen molar-refractivity contribution >= 4 is 28.7 Å². The quantitative estimate of drug-likeness (QED) is 0.198. The number of rotatable bonds is 10. The summed E-state index contributed by atoms with van der Waals surface area (Å²) in [5.41, 5.74) is 4.17. The maximum absolute atomic E-state index is 13.5. The highest BCUT2D eigenvalue weighted by atomic mass is 32.1. The SMILES string of the molecule is CCC1CCC(C2CC=C(c3cnc(-c4ccc(C[C@H](NC(=O)c5ccc(C(C)(C)C)s5)C(=O)N5CC(C(O)O)C5)cc4)nc3)CC2)CC1. The second-order valence-electron chi connectivity index (χ2n) is 15.5. The number of allylic oxidation sites excluding steroid dienone is 2. The van der Waals surface area contributed by atoms with Gasteiger partial charge in [0.1, 0.15) is 6.04 Å². The van der Waals surface area contributed by atoms with Gasteiger partial charge in [0.25, 0.3) is 5.91 Å². The van der Waals surface area contributed by atoms with Gasteiger partial charge < -0.3 is 20.4 Å². The summed E-state index contributed by atoms with van der Waals surface area (Å²) in [6, 6.07) is 10.8. The van der Waals surface area contributed by atoms with Crippen molar-refractivity contribution in [2.45, 2.75) is 103 Å². The van der Waals surface area contributed by atoms with Crippen molar-refractivity contribution in [3.05, 3.63) is 75.7 Å². The monoisotopic (exact) mass is 684 g/mol. The molecule has 3 N–H and O–H groups in total. The first kappa shape index (κ1) is 35.4. The molecule has 2 fully saturated rings. The molecule has 49 heavy (non-hydrogen) atoms. The van der Waals surface area contributed by atoms with Crippen molar-refractivity contribution in [2.24, 2.45) is 23.7 Å². The molecule has 6 rings (SSSR count). The van der Waals surface area contributed by atoms with Gasteiger partial charge >= 0.3 is 0 Å². The highest BCUT2D eigenvalue weighted by Crippen LogP contribution is 2.41. The van der Waals surface area contributed by atoms with Crippen molar-refractivity contribution in [1.82, 2.24) is 20.2 Å². The Labute approximate surface area is 295 Å². The number of aliphatic hydroxyl groups is 2. The van der Waals surface area contributed by atoms with E-state index in [2.05, 4.69) is 39.1 Å². The second kappa shape index (κ2) is 15.2. The molecule has 2 atom stereocenters. The Morgan fingerprint density at radius 1 is 0.939 bits per heavy atom. The van der Waals surface area contributed by atoms with Gasteiger partial charge in [0.05, 0.1) is 4.88 Å². The van der Waals surface area contributed by atoms with Crippen LogP contribution in [0.4, 0.5) is 0 Å². The molecule has 2 aliphatic carbocycles. The third-order valence-electron chi connectivity index (χ3n) is 11.1. The summed E-state index contributed by atoms with van der Waals surface area (Å²) in [6.07, 6.45) is 15.6. The number of amides is 2. The predicted octanol–water partition coefficient (Wildman–Crippen LogP) is 7.01. The number of carbonyl (C=O) groups excluding carboxylic acids is 2. The third kappa shape index (κ3) is 8.50. The van der Waals surface area contributed by atoms with E-state index in [0.717, 1.165) is 52.2 Å². The van der Waals surface area contributed by atoms with Gasteiger partial charge in [-0.3, -0.25) is 9.59 Å². The molecule has 1 saturated heterocycles. The summed E-state index contributed by atoms with van der Waals surface area (Å²) in [5.74, 6) is 2.41. The van der Waals surface area contributed by atoms with Gasteiger partial charge in [-0.1, -0.05) is 77.3 Å². The second-order valence-corrected chi connectivity index (χ2v) is 16.6. The third-order valence-corrected chi connectivity index (χ3v) is 12.6.